The standard InChI is InChI=1S/C15H23N3/c1-17-9-7-16-10-15(17)6-8-18-11-13-4-2-3-5-14(13)12-18/h2-5,15-16H,6-12H2,1H3. The van der Waals surface area contributed by atoms with Crippen molar-refractivity contribution in [2.24, 2.45) is 0 Å². The van der Waals surface area contributed by atoms with Crippen LogP contribution in [-0.4, -0.2) is 49.1 Å². The lowest BCUT2D eigenvalue weighted by molar-refractivity contribution is 0.165. The predicted molar refractivity (Wildman–Crippen MR) is 74.5 cm³/mol. The van der Waals surface area contributed by atoms with E-state index in [9.17, 15) is 0 Å². The Balaban J connectivity index is 1.51. The molecule has 2 aliphatic heterocycles. The van der Waals surface area contributed by atoms with Crippen molar-refractivity contribution in [3.63, 3.8) is 0 Å². The minimum absolute atomic E-state index is 0.711. The second kappa shape index (κ2) is 5.39. The second-order valence-electron chi connectivity index (χ2n) is 5.61. The monoisotopic (exact) mass is 245 g/mol. The van der Waals surface area contributed by atoms with Crippen molar-refractivity contribution < 1.29 is 0 Å². The molecule has 0 saturated carbocycles. The average Bonchev–Trinajstić information content (AvgIpc) is 2.80. The summed E-state index contributed by atoms with van der Waals surface area (Å²) in [4.78, 5) is 5.08. The fraction of sp³-hybridized carbons (Fsp3) is 0.600. The lowest BCUT2D eigenvalue weighted by Crippen LogP contribution is -2.50. The molecule has 1 aromatic carbocycles. The Morgan fingerprint density at radius 2 is 1.94 bits per heavy atom. The minimum Gasteiger partial charge on any atom is -0.314 e. The van der Waals surface area contributed by atoms with Gasteiger partial charge in [-0.25, -0.2) is 0 Å². The number of nitrogens with zero attached hydrogens (tertiary/aromatic N) is 2. The fourth-order valence-electron chi connectivity index (χ4n) is 3.08. The van der Waals surface area contributed by atoms with Gasteiger partial charge in [-0.2, -0.15) is 0 Å². The number of likely N-dealkylation sites (N-methyl/N-ethyl adjacent to an activating group) is 1. The quantitative estimate of drug-likeness (QED) is 0.866. The lowest BCUT2D eigenvalue weighted by atomic mass is 10.1. The largest absolute Gasteiger partial charge is 0.314 e. The van der Waals surface area contributed by atoms with Crippen LogP contribution < -0.4 is 5.32 Å². The fourth-order valence-corrected chi connectivity index (χ4v) is 3.08. The van der Waals surface area contributed by atoms with E-state index in [1.165, 1.54) is 30.6 Å². The summed E-state index contributed by atoms with van der Waals surface area (Å²) in [5.74, 6) is 0. The number of hydrogen-bond donors (Lipinski definition) is 1. The zero-order valence-corrected chi connectivity index (χ0v) is 11.2. The van der Waals surface area contributed by atoms with Gasteiger partial charge >= 0.3 is 0 Å². The highest BCUT2D eigenvalue weighted by atomic mass is 15.2. The molecule has 18 heavy (non-hydrogen) atoms. The third kappa shape index (κ3) is 2.58. The number of benzene rings is 1. The van der Waals surface area contributed by atoms with E-state index in [1.54, 1.807) is 0 Å². The third-order valence-corrected chi connectivity index (χ3v) is 4.33. The molecule has 1 fully saturated rings. The van der Waals surface area contributed by atoms with E-state index < -0.39 is 0 Å². The molecule has 0 aromatic heterocycles. The van der Waals surface area contributed by atoms with Crippen molar-refractivity contribution in [2.45, 2.75) is 25.6 Å². The molecule has 98 valence electrons. The third-order valence-electron chi connectivity index (χ3n) is 4.33. The number of rotatable bonds is 3. The normalized spacial score (nSPS) is 25.3. The first-order valence-corrected chi connectivity index (χ1v) is 7.03. The molecule has 1 atom stereocenters. The molecule has 2 heterocycles. The Labute approximate surface area is 110 Å². The first-order chi connectivity index (χ1) is 8.83. The van der Waals surface area contributed by atoms with Gasteiger partial charge in [0.25, 0.3) is 0 Å². The summed E-state index contributed by atoms with van der Waals surface area (Å²) >= 11 is 0. The number of nitrogens with one attached hydrogen (secondary N) is 1. The van der Waals surface area contributed by atoms with Crippen LogP contribution in [0.3, 0.4) is 0 Å². The van der Waals surface area contributed by atoms with Crippen LogP contribution in [0.2, 0.25) is 0 Å². The van der Waals surface area contributed by atoms with Gasteiger partial charge in [0, 0.05) is 45.3 Å². The average molecular weight is 245 g/mol. The van der Waals surface area contributed by atoms with Crippen molar-refractivity contribution in [3.05, 3.63) is 35.4 Å². The SMILES string of the molecule is CN1CCNCC1CCN1Cc2ccccc2C1. The van der Waals surface area contributed by atoms with Gasteiger partial charge in [0.1, 0.15) is 0 Å². The van der Waals surface area contributed by atoms with Crippen molar-refractivity contribution in [3.8, 4) is 0 Å². The molecule has 1 N–H and O–H groups in total. The molecular weight excluding hydrogens is 222 g/mol. The molecular formula is C15H23N3. The van der Waals surface area contributed by atoms with Crippen LogP contribution in [0.1, 0.15) is 17.5 Å². The zero-order valence-electron chi connectivity index (χ0n) is 11.2. The Hall–Kier alpha value is -0.900. The summed E-state index contributed by atoms with van der Waals surface area (Å²) in [5.41, 5.74) is 3.04. The van der Waals surface area contributed by atoms with Gasteiger partial charge < -0.3 is 10.2 Å². The van der Waals surface area contributed by atoms with Crippen LogP contribution in [-0.2, 0) is 13.1 Å². The lowest BCUT2D eigenvalue weighted by Gasteiger charge is -2.34. The van der Waals surface area contributed by atoms with Crippen molar-refractivity contribution in [1.29, 1.82) is 0 Å². The predicted octanol–water partition coefficient (Wildman–Crippen LogP) is 1.30. The van der Waals surface area contributed by atoms with Crippen LogP contribution >= 0.6 is 0 Å². The maximum absolute atomic E-state index is 3.50. The van der Waals surface area contributed by atoms with Crippen molar-refractivity contribution >= 4 is 0 Å². The smallest absolute Gasteiger partial charge is 0.0240 e. The number of hydrogen-bond acceptors (Lipinski definition) is 3. The molecule has 3 heteroatoms. The van der Waals surface area contributed by atoms with Gasteiger partial charge in [0.15, 0.2) is 0 Å². The highest BCUT2D eigenvalue weighted by molar-refractivity contribution is 5.30. The summed E-state index contributed by atoms with van der Waals surface area (Å²) in [6.07, 6.45) is 1.28. The van der Waals surface area contributed by atoms with Crippen LogP contribution in [0.4, 0.5) is 0 Å². The number of piperazine rings is 1. The van der Waals surface area contributed by atoms with E-state index >= 15 is 0 Å². The highest BCUT2D eigenvalue weighted by Gasteiger charge is 2.22. The van der Waals surface area contributed by atoms with E-state index in [2.05, 4.69) is 46.4 Å². The summed E-state index contributed by atoms with van der Waals surface area (Å²) in [6.45, 7) is 6.97. The molecule has 3 nitrogen and oxygen atoms in total. The topological polar surface area (TPSA) is 18.5 Å². The van der Waals surface area contributed by atoms with E-state index in [4.69, 9.17) is 0 Å². The Kier molecular flexibility index (Phi) is 3.64. The molecule has 1 unspecified atom stereocenters. The van der Waals surface area contributed by atoms with Crippen LogP contribution in [0.5, 0.6) is 0 Å². The van der Waals surface area contributed by atoms with Crippen molar-refractivity contribution in [1.82, 2.24) is 15.1 Å². The van der Waals surface area contributed by atoms with E-state index in [-0.39, 0.29) is 0 Å². The molecule has 0 spiro atoms. The maximum atomic E-state index is 3.50. The zero-order chi connectivity index (χ0) is 12.4. The maximum Gasteiger partial charge on any atom is 0.0240 e. The molecule has 3 rings (SSSR count). The van der Waals surface area contributed by atoms with Crippen LogP contribution in [0, 0.1) is 0 Å². The molecule has 2 aliphatic rings. The van der Waals surface area contributed by atoms with Gasteiger partial charge in [0.05, 0.1) is 0 Å². The molecule has 1 saturated heterocycles. The van der Waals surface area contributed by atoms with Gasteiger partial charge in [-0.3, -0.25) is 4.90 Å². The van der Waals surface area contributed by atoms with E-state index in [0.29, 0.717) is 6.04 Å². The first-order valence-electron chi connectivity index (χ1n) is 7.03. The summed E-state index contributed by atoms with van der Waals surface area (Å²) in [6, 6.07) is 9.55. The Bertz CT molecular complexity index is 379. The van der Waals surface area contributed by atoms with Gasteiger partial charge in [-0.15, -0.1) is 0 Å². The summed E-state index contributed by atoms with van der Waals surface area (Å²) < 4.78 is 0. The summed E-state index contributed by atoms with van der Waals surface area (Å²) in [7, 11) is 2.25. The molecule has 0 amide bonds. The second-order valence-corrected chi connectivity index (χ2v) is 5.61. The highest BCUT2D eigenvalue weighted by Crippen LogP contribution is 2.22. The van der Waals surface area contributed by atoms with Crippen LogP contribution in [0.15, 0.2) is 24.3 Å². The molecule has 0 bridgehead atoms. The van der Waals surface area contributed by atoms with Gasteiger partial charge in [-0.05, 0) is 24.6 Å². The van der Waals surface area contributed by atoms with Gasteiger partial charge in [-0.1, -0.05) is 24.3 Å². The summed E-state index contributed by atoms with van der Waals surface area (Å²) in [5, 5.41) is 3.50. The van der Waals surface area contributed by atoms with Crippen molar-refractivity contribution in [2.75, 3.05) is 33.2 Å². The Morgan fingerprint density at radius 3 is 2.61 bits per heavy atom. The molecule has 0 aliphatic carbocycles. The molecule has 0 radical (unpaired) electrons. The first kappa shape index (κ1) is 12.2. The Morgan fingerprint density at radius 1 is 1.22 bits per heavy atom. The number of fused-ring (bicyclic) bond motifs is 1. The molecule has 1 aromatic rings. The van der Waals surface area contributed by atoms with Crippen LogP contribution in [0.25, 0.3) is 0 Å². The van der Waals surface area contributed by atoms with E-state index in [0.717, 1.165) is 26.2 Å². The minimum atomic E-state index is 0.711. The van der Waals surface area contributed by atoms with E-state index in [1.807, 2.05) is 0 Å². The van der Waals surface area contributed by atoms with Gasteiger partial charge in [0.2, 0.25) is 0 Å².